The molecule has 0 bridgehead atoms. The van der Waals surface area contributed by atoms with Gasteiger partial charge >= 0.3 is 0 Å². The number of methoxy groups -OCH3 is 2. The molecule has 0 N–H and O–H groups in total. The third-order valence-corrected chi connectivity index (χ3v) is 3.19. The highest BCUT2D eigenvalue weighted by Gasteiger charge is 2.07. The zero-order chi connectivity index (χ0) is 13.7. The molecule has 0 saturated carbocycles. The van der Waals surface area contributed by atoms with Crippen LogP contribution in [0.25, 0.3) is 0 Å². The van der Waals surface area contributed by atoms with Crippen molar-refractivity contribution in [2.75, 3.05) is 14.2 Å². The minimum Gasteiger partial charge on any atom is -0.497 e. The molecule has 100 valence electrons. The van der Waals surface area contributed by atoms with Crippen LogP contribution in [0.1, 0.15) is 5.56 Å². The van der Waals surface area contributed by atoms with E-state index >= 15 is 0 Å². The number of halogens is 1. The van der Waals surface area contributed by atoms with Crippen molar-refractivity contribution in [3.8, 4) is 17.4 Å². The van der Waals surface area contributed by atoms with Gasteiger partial charge in [0.1, 0.15) is 18.1 Å². The lowest BCUT2D eigenvalue weighted by Gasteiger charge is -2.11. The Morgan fingerprint density at radius 2 is 2.00 bits per heavy atom. The first-order valence-electron chi connectivity index (χ1n) is 5.69. The summed E-state index contributed by atoms with van der Waals surface area (Å²) in [6, 6.07) is 9.33. The normalized spacial score (nSPS) is 10.1. The van der Waals surface area contributed by atoms with E-state index in [0.29, 0.717) is 12.5 Å². The summed E-state index contributed by atoms with van der Waals surface area (Å²) in [5.74, 6) is 2.09. The maximum Gasteiger partial charge on any atom is 0.219 e. The average molecular weight is 324 g/mol. The third kappa shape index (κ3) is 3.38. The van der Waals surface area contributed by atoms with Gasteiger partial charge in [0.05, 0.1) is 24.3 Å². The predicted octanol–water partition coefficient (Wildman–Crippen LogP) is 3.44. The fourth-order valence-electron chi connectivity index (χ4n) is 1.60. The number of hydrogen-bond acceptors (Lipinski definition) is 4. The highest BCUT2D eigenvalue weighted by atomic mass is 79.9. The molecule has 1 aromatic carbocycles. The molecule has 0 fully saturated rings. The number of benzene rings is 1. The highest BCUT2D eigenvalue weighted by Crippen LogP contribution is 2.30. The maximum absolute atomic E-state index is 5.74. The molecule has 19 heavy (non-hydrogen) atoms. The molecule has 0 aliphatic heterocycles. The van der Waals surface area contributed by atoms with Crippen LogP contribution in [-0.4, -0.2) is 19.2 Å². The second-order valence-corrected chi connectivity index (χ2v) is 4.61. The standard InChI is InChI=1S/C14H14BrNO3/c1-17-11-5-6-13(12(15)8-11)19-9-10-4-3-7-16-14(10)18-2/h3-8H,9H2,1-2H3. The zero-order valence-electron chi connectivity index (χ0n) is 10.7. The molecule has 0 saturated heterocycles. The smallest absolute Gasteiger partial charge is 0.219 e. The number of aromatic nitrogens is 1. The Kier molecular flexibility index (Phi) is 4.63. The van der Waals surface area contributed by atoms with Crippen LogP contribution >= 0.6 is 15.9 Å². The van der Waals surface area contributed by atoms with E-state index in [1.54, 1.807) is 20.4 Å². The van der Waals surface area contributed by atoms with Crippen molar-refractivity contribution in [3.63, 3.8) is 0 Å². The van der Waals surface area contributed by atoms with Crippen LogP contribution in [0.3, 0.4) is 0 Å². The molecular weight excluding hydrogens is 310 g/mol. The van der Waals surface area contributed by atoms with Crippen LogP contribution in [0.4, 0.5) is 0 Å². The second kappa shape index (κ2) is 6.43. The van der Waals surface area contributed by atoms with Crippen LogP contribution < -0.4 is 14.2 Å². The molecule has 0 amide bonds. The highest BCUT2D eigenvalue weighted by molar-refractivity contribution is 9.10. The lowest BCUT2D eigenvalue weighted by molar-refractivity contribution is 0.291. The van der Waals surface area contributed by atoms with E-state index in [-0.39, 0.29) is 0 Å². The molecule has 0 atom stereocenters. The van der Waals surface area contributed by atoms with E-state index in [0.717, 1.165) is 21.5 Å². The molecule has 2 aromatic rings. The van der Waals surface area contributed by atoms with Gasteiger partial charge in [0.15, 0.2) is 0 Å². The summed E-state index contributed by atoms with van der Waals surface area (Å²) in [6.07, 6.45) is 1.69. The van der Waals surface area contributed by atoms with Crippen LogP contribution in [0, 0.1) is 0 Å². The first-order chi connectivity index (χ1) is 9.24. The van der Waals surface area contributed by atoms with E-state index in [1.807, 2.05) is 30.3 Å². The average Bonchev–Trinajstić information content (AvgIpc) is 2.46. The first-order valence-corrected chi connectivity index (χ1v) is 6.48. The van der Waals surface area contributed by atoms with Crippen molar-refractivity contribution in [2.45, 2.75) is 6.61 Å². The number of nitrogens with zero attached hydrogens (tertiary/aromatic N) is 1. The number of hydrogen-bond donors (Lipinski definition) is 0. The van der Waals surface area contributed by atoms with Gasteiger partial charge in [-0.3, -0.25) is 0 Å². The van der Waals surface area contributed by atoms with E-state index in [1.165, 1.54) is 0 Å². The van der Waals surface area contributed by atoms with Gasteiger partial charge in [0.25, 0.3) is 0 Å². The van der Waals surface area contributed by atoms with Crippen molar-refractivity contribution >= 4 is 15.9 Å². The maximum atomic E-state index is 5.74. The zero-order valence-corrected chi connectivity index (χ0v) is 12.3. The summed E-state index contributed by atoms with van der Waals surface area (Å²) in [6.45, 7) is 0.391. The Morgan fingerprint density at radius 3 is 2.68 bits per heavy atom. The molecule has 0 radical (unpaired) electrons. The number of pyridine rings is 1. The summed E-state index contributed by atoms with van der Waals surface area (Å²) in [7, 11) is 3.22. The molecular formula is C14H14BrNO3. The van der Waals surface area contributed by atoms with Crippen LogP contribution in [0.5, 0.6) is 17.4 Å². The van der Waals surface area contributed by atoms with Gasteiger partial charge in [-0.1, -0.05) is 0 Å². The van der Waals surface area contributed by atoms with Crippen LogP contribution in [0.2, 0.25) is 0 Å². The van der Waals surface area contributed by atoms with Crippen molar-refractivity contribution in [2.24, 2.45) is 0 Å². The molecule has 0 spiro atoms. The van der Waals surface area contributed by atoms with Crippen molar-refractivity contribution in [1.29, 1.82) is 0 Å². The molecule has 4 nitrogen and oxygen atoms in total. The van der Waals surface area contributed by atoms with Gasteiger partial charge in [-0.15, -0.1) is 0 Å². The van der Waals surface area contributed by atoms with Gasteiger partial charge in [0.2, 0.25) is 5.88 Å². The van der Waals surface area contributed by atoms with Crippen LogP contribution in [-0.2, 0) is 6.61 Å². The van der Waals surface area contributed by atoms with Gasteiger partial charge in [-0.25, -0.2) is 4.98 Å². The summed E-state index contributed by atoms with van der Waals surface area (Å²) in [4.78, 5) is 4.13. The van der Waals surface area contributed by atoms with Gasteiger partial charge < -0.3 is 14.2 Å². The van der Waals surface area contributed by atoms with E-state index in [2.05, 4.69) is 20.9 Å². The number of ether oxygens (including phenoxy) is 3. The fraction of sp³-hybridized carbons (Fsp3) is 0.214. The second-order valence-electron chi connectivity index (χ2n) is 3.76. The van der Waals surface area contributed by atoms with Crippen LogP contribution in [0.15, 0.2) is 41.0 Å². The van der Waals surface area contributed by atoms with Gasteiger partial charge in [0, 0.05) is 6.20 Å². The molecule has 1 heterocycles. The Balaban J connectivity index is 2.10. The first kappa shape index (κ1) is 13.7. The van der Waals surface area contributed by atoms with Crippen molar-refractivity contribution in [1.82, 2.24) is 4.98 Å². The van der Waals surface area contributed by atoms with Gasteiger partial charge in [-0.2, -0.15) is 0 Å². The topological polar surface area (TPSA) is 40.6 Å². The molecule has 0 unspecified atom stereocenters. The number of rotatable bonds is 5. The lowest BCUT2D eigenvalue weighted by Crippen LogP contribution is -2.00. The summed E-state index contributed by atoms with van der Waals surface area (Å²) in [5.41, 5.74) is 0.896. The van der Waals surface area contributed by atoms with E-state index in [4.69, 9.17) is 14.2 Å². The van der Waals surface area contributed by atoms with Gasteiger partial charge in [-0.05, 0) is 46.3 Å². The summed E-state index contributed by atoms with van der Waals surface area (Å²) in [5, 5.41) is 0. The van der Waals surface area contributed by atoms with E-state index < -0.39 is 0 Å². The monoisotopic (exact) mass is 323 g/mol. The molecule has 0 aliphatic carbocycles. The Labute approximate surface area is 120 Å². The quantitative estimate of drug-likeness (QED) is 0.845. The third-order valence-electron chi connectivity index (χ3n) is 2.57. The lowest BCUT2D eigenvalue weighted by atomic mass is 10.3. The Morgan fingerprint density at radius 1 is 1.16 bits per heavy atom. The van der Waals surface area contributed by atoms with Crippen molar-refractivity contribution < 1.29 is 14.2 Å². The minimum absolute atomic E-state index is 0.391. The van der Waals surface area contributed by atoms with E-state index in [9.17, 15) is 0 Å². The minimum atomic E-state index is 0.391. The Bertz CT molecular complexity index is 560. The molecule has 0 aliphatic rings. The fourth-order valence-corrected chi connectivity index (χ4v) is 2.07. The SMILES string of the molecule is COc1ccc(OCc2cccnc2OC)c(Br)c1. The summed E-state index contributed by atoms with van der Waals surface area (Å²) < 4.78 is 16.9. The van der Waals surface area contributed by atoms with Crippen molar-refractivity contribution in [3.05, 3.63) is 46.6 Å². The predicted molar refractivity (Wildman–Crippen MR) is 75.8 cm³/mol. The molecule has 1 aromatic heterocycles. The molecule has 2 rings (SSSR count). The Hall–Kier alpha value is -1.75. The largest absolute Gasteiger partial charge is 0.497 e. The molecule has 5 heteroatoms. The summed E-state index contributed by atoms with van der Waals surface area (Å²) >= 11 is 3.45.